The topological polar surface area (TPSA) is 62.0 Å². The van der Waals surface area contributed by atoms with Gasteiger partial charge in [0.25, 0.3) is 0 Å². The quantitative estimate of drug-likeness (QED) is 0.320. The average Bonchev–Trinajstić information content (AvgIpc) is 3.19. The van der Waals surface area contributed by atoms with Gasteiger partial charge in [-0.25, -0.2) is 0 Å². The van der Waals surface area contributed by atoms with E-state index in [2.05, 4.69) is 75.3 Å². The molecular weight excluding hydrogens is 372 g/mol. The fourth-order valence-corrected chi connectivity index (χ4v) is 3.60. The fraction of sp³-hybridized carbons (Fsp3) is 0.240. The summed E-state index contributed by atoms with van der Waals surface area (Å²) in [6.45, 7) is 5.58. The molecule has 0 spiro atoms. The molecule has 2 aromatic carbocycles. The summed E-state index contributed by atoms with van der Waals surface area (Å²) in [5.41, 5.74) is 6.62. The highest BCUT2D eigenvalue weighted by atomic mass is 16.5. The van der Waals surface area contributed by atoms with Gasteiger partial charge in [-0.15, -0.1) is 0 Å². The minimum absolute atomic E-state index is 0.0135. The first-order valence-electron chi connectivity index (χ1n) is 10.5. The summed E-state index contributed by atoms with van der Waals surface area (Å²) in [5.74, 6) is 0. The predicted octanol–water partition coefficient (Wildman–Crippen LogP) is 6.06. The Balaban J connectivity index is 1.32. The Morgan fingerprint density at radius 2 is 1.80 bits per heavy atom. The number of aromatic amines is 1. The Labute approximate surface area is 177 Å². The zero-order valence-electron chi connectivity index (χ0n) is 17.5. The van der Waals surface area contributed by atoms with Crippen LogP contribution in [0.3, 0.4) is 0 Å². The molecule has 0 saturated heterocycles. The van der Waals surface area contributed by atoms with E-state index in [1.807, 2.05) is 32.2 Å². The van der Waals surface area contributed by atoms with Crippen molar-refractivity contribution in [1.82, 2.24) is 9.97 Å². The number of anilines is 3. The number of hydrogen-bond donors (Lipinski definition) is 3. The lowest BCUT2D eigenvalue weighted by molar-refractivity contribution is 0.0734. The standard InChI is InChI=1S/C25H28N4O/c1-3-30-18(2)25-16-22(13-15-27-25)29-21-10-8-20(9-11-21)26-14-12-19-17-28-24-7-5-4-6-23(19)24/h4-11,13,15-18,26,28H,3,12,14H2,1-2H3,(H,27,29). The molecule has 5 heteroatoms. The van der Waals surface area contributed by atoms with Gasteiger partial charge in [0.15, 0.2) is 0 Å². The molecular formula is C25H28N4O. The van der Waals surface area contributed by atoms with Crippen molar-refractivity contribution in [2.75, 3.05) is 23.8 Å². The van der Waals surface area contributed by atoms with Crippen LogP contribution in [0.2, 0.25) is 0 Å². The van der Waals surface area contributed by atoms with Gasteiger partial charge in [0.1, 0.15) is 0 Å². The molecule has 1 atom stereocenters. The van der Waals surface area contributed by atoms with E-state index in [9.17, 15) is 0 Å². The van der Waals surface area contributed by atoms with Crippen LogP contribution in [-0.2, 0) is 11.2 Å². The Bertz CT molecular complexity index is 1090. The van der Waals surface area contributed by atoms with Crippen molar-refractivity contribution in [2.45, 2.75) is 26.4 Å². The molecule has 0 bridgehead atoms. The lowest BCUT2D eigenvalue weighted by Gasteiger charge is -2.13. The Hall–Kier alpha value is -3.31. The van der Waals surface area contributed by atoms with Gasteiger partial charge in [0, 0.05) is 53.5 Å². The van der Waals surface area contributed by atoms with Crippen molar-refractivity contribution in [3.8, 4) is 0 Å². The average molecular weight is 401 g/mol. The molecule has 3 N–H and O–H groups in total. The van der Waals surface area contributed by atoms with E-state index in [1.54, 1.807) is 0 Å². The normalized spacial score (nSPS) is 12.1. The summed E-state index contributed by atoms with van der Waals surface area (Å²) in [4.78, 5) is 7.75. The van der Waals surface area contributed by atoms with Gasteiger partial charge in [0.2, 0.25) is 0 Å². The molecule has 0 aliphatic rings. The smallest absolute Gasteiger partial charge is 0.0967 e. The second-order valence-corrected chi connectivity index (χ2v) is 7.31. The van der Waals surface area contributed by atoms with Gasteiger partial charge < -0.3 is 20.4 Å². The number of fused-ring (bicyclic) bond motifs is 1. The van der Waals surface area contributed by atoms with Crippen LogP contribution in [0, 0.1) is 0 Å². The number of nitrogens with zero attached hydrogens (tertiary/aromatic N) is 1. The molecule has 1 unspecified atom stereocenters. The van der Waals surface area contributed by atoms with E-state index in [1.165, 1.54) is 16.5 Å². The van der Waals surface area contributed by atoms with Crippen molar-refractivity contribution < 1.29 is 4.74 Å². The Morgan fingerprint density at radius 3 is 2.63 bits per heavy atom. The van der Waals surface area contributed by atoms with Gasteiger partial charge >= 0.3 is 0 Å². The molecule has 0 saturated carbocycles. The molecule has 0 aliphatic heterocycles. The van der Waals surface area contributed by atoms with Crippen molar-refractivity contribution in [3.63, 3.8) is 0 Å². The Kier molecular flexibility index (Phi) is 6.30. The number of pyridine rings is 1. The molecule has 2 heterocycles. The van der Waals surface area contributed by atoms with E-state index >= 15 is 0 Å². The molecule has 30 heavy (non-hydrogen) atoms. The second-order valence-electron chi connectivity index (χ2n) is 7.31. The molecule has 0 fully saturated rings. The summed E-state index contributed by atoms with van der Waals surface area (Å²) in [6.07, 6.45) is 4.88. The minimum atomic E-state index is -0.0135. The lowest BCUT2D eigenvalue weighted by atomic mass is 10.1. The van der Waals surface area contributed by atoms with Crippen molar-refractivity contribution in [2.24, 2.45) is 0 Å². The molecule has 4 aromatic rings. The van der Waals surface area contributed by atoms with Crippen molar-refractivity contribution in [3.05, 3.63) is 84.3 Å². The molecule has 0 amide bonds. The van der Waals surface area contributed by atoms with Crippen molar-refractivity contribution in [1.29, 1.82) is 0 Å². The number of para-hydroxylation sites is 1. The maximum Gasteiger partial charge on any atom is 0.0967 e. The number of H-pyrrole nitrogens is 1. The van der Waals surface area contributed by atoms with Crippen LogP contribution < -0.4 is 10.6 Å². The number of rotatable bonds is 9. The lowest BCUT2D eigenvalue weighted by Crippen LogP contribution is -2.04. The zero-order valence-corrected chi connectivity index (χ0v) is 17.5. The fourth-order valence-electron chi connectivity index (χ4n) is 3.60. The van der Waals surface area contributed by atoms with Crippen LogP contribution >= 0.6 is 0 Å². The van der Waals surface area contributed by atoms with Crippen LogP contribution in [0.25, 0.3) is 10.9 Å². The summed E-state index contributed by atoms with van der Waals surface area (Å²) in [7, 11) is 0. The van der Waals surface area contributed by atoms with Crippen LogP contribution in [-0.4, -0.2) is 23.1 Å². The largest absolute Gasteiger partial charge is 0.385 e. The first-order chi connectivity index (χ1) is 14.7. The van der Waals surface area contributed by atoms with E-state index in [0.29, 0.717) is 6.61 Å². The molecule has 5 nitrogen and oxygen atoms in total. The van der Waals surface area contributed by atoms with Crippen LogP contribution in [0.4, 0.5) is 17.1 Å². The highest BCUT2D eigenvalue weighted by Gasteiger charge is 2.07. The van der Waals surface area contributed by atoms with E-state index in [-0.39, 0.29) is 6.10 Å². The first-order valence-corrected chi connectivity index (χ1v) is 10.5. The maximum atomic E-state index is 5.64. The van der Waals surface area contributed by atoms with E-state index in [4.69, 9.17) is 4.74 Å². The molecule has 0 radical (unpaired) electrons. The third kappa shape index (κ3) is 4.81. The SMILES string of the molecule is CCOC(C)c1cc(Nc2ccc(NCCc3c[nH]c4ccccc34)cc2)ccn1. The van der Waals surface area contributed by atoms with E-state index in [0.717, 1.165) is 35.7 Å². The van der Waals surface area contributed by atoms with Gasteiger partial charge in [0.05, 0.1) is 11.8 Å². The van der Waals surface area contributed by atoms with Crippen molar-refractivity contribution >= 4 is 28.0 Å². The van der Waals surface area contributed by atoms with E-state index < -0.39 is 0 Å². The monoisotopic (exact) mass is 400 g/mol. The minimum Gasteiger partial charge on any atom is -0.385 e. The zero-order chi connectivity index (χ0) is 20.8. The second kappa shape index (κ2) is 9.46. The molecule has 0 aliphatic carbocycles. The van der Waals surface area contributed by atoms with Crippen LogP contribution in [0.1, 0.15) is 31.2 Å². The summed E-state index contributed by atoms with van der Waals surface area (Å²) < 4.78 is 5.64. The third-order valence-corrected chi connectivity index (χ3v) is 5.19. The maximum absolute atomic E-state index is 5.64. The summed E-state index contributed by atoms with van der Waals surface area (Å²) in [6, 6.07) is 20.8. The molecule has 4 rings (SSSR count). The third-order valence-electron chi connectivity index (χ3n) is 5.19. The van der Waals surface area contributed by atoms with Crippen LogP contribution in [0.15, 0.2) is 73.1 Å². The number of aromatic nitrogens is 2. The van der Waals surface area contributed by atoms with Gasteiger partial charge in [-0.05, 0) is 68.3 Å². The Morgan fingerprint density at radius 1 is 1.00 bits per heavy atom. The van der Waals surface area contributed by atoms with Gasteiger partial charge in [-0.2, -0.15) is 0 Å². The summed E-state index contributed by atoms with van der Waals surface area (Å²) >= 11 is 0. The molecule has 2 aromatic heterocycles. The van der Waals surface area contributed by atoms with Gasteiger partial charge in [-0.3, -0.25) is 4.98 Å². The molecule has 154 valence electrons. The highest BCUT2D eigenvalue weighted by molar-refractivity contribution is 5.83. The number of benzene rings is 2. The number of ether oxygens (including phenoxy) is 1. The first kappa shape index (κ1) is 20.0. The predicted molar refractivity (Wildman–Crippen MR) is 124 cm³/mol. The summed E-state index contributed by atoms with van der Waals surface area (Å²) in [5, 5.41) is 8.25. The highest BCUT2D eigenvalue weighted by Crippen LogP contribution is 2.23. The number of hydrogen-bond acceptors (Lipinski definition) is 4. The van der Waals surface area contributed by atoms with Gasteiger partial charge in [-0.1, -0.05) is 18.2 Å². The van der Waals surface area contributed by atoms with Crippen LogP contribution in [0.5, 0.6) is 0 Å². The number of nitrogens with one attached hydrogen (secondary N) is 3.